The Bertz CT molecular complexity index is 1240. The zero-order valence-electron chi connectivity index (χ0n) is 17.0. The third kappa shape index (κ3) is 4.61. The van der Waals surface area contributed by atoms with Gasteiger partial charge in [0.15, 0.2) is 17.3 Å². The molecule has 9 nitrogen and oxygen atoms in total. The van der Waals surface area contributed by atoms with Crippen molar-refractivity contribution < 1.29 is 22.1 Å². The molecule has 1 atom stereocenters. The van der Waals surface area contributed by atoms with E-state index < -0.39 is 21.7 Å². The maximum absolute atomic E-state index is 13.1. The fraction of sp³-hybridized carbons (Fsp3) is 0.444. The summed E-state index contributed by atoms with van der Waals surface area (Å²) >= 11 is 0. The number of rotatable bonds is 3. The molecule has 13 heteroatoms. The van der Waals surface area contributed by atoms with E-state index in [1.807, 2.05) is 11.8 Å². The van der Waals surface area contributed by atoms with Crippen molar-refractivity contribution in [3.8, 4) is 11.4 Å². The highest BCUT2D eigenvalue weighted by Gasteiger charge is 2.35. The molecule has 3 aromatic rings. The summed E-state index contributed by atoms with van der Waals surface area (Å²) in [5, 5.41) is 0. The van der Waals surface area contributed by atoms with Crippen LogP contribution < -0.4 is 4.90 Å². The number of hydrogen-bond acceptors (Lipinski definition) is 8. The Hall–Kier alpha value is -2.80. The van der Waals surface area contributed by atoms with E-state index >= 15 is 0 Å². The van der Waals surface area contributed by atoms with Crippen molar-refractivity contribution in [1.82, 2.24) is 24.9 Å². The van der Waals surface area contributed by atoms with Crippen molar-refractivity contribution in [3.05, 3.63) is 24.2 Å². The van der Waals surface area contributed by atoms with Gasteiger partial charge in [-0.25, -0.2) is 24.1 Å². The van der Waals surface area contributed by atoms with E-state index in [0.717, 1.165) is 0 Å². The number of morpholine rings is 1. The Balaban J connectivity index is 1.92. The molecule has 3 aromatic heterocycles. The molecule has 1 aliphatic heterocycles. The van der Waals surface area contributed by atoms with Crippen molar-refractivity contribution >= 4 is 32.5 Å². The minimum atomic E-state index is -4.65. The minimum absolute atomic E-state index is 0.0124. The standard InChI is InChI=1S/C18H20F3N7O2S/c1-10-9-30-7-6-28(10)13-8-12(27-31(2,3)29)23-15(24-13)11-4-5-22-16-14(11)25-17(26-16)18(19,20)21/h4-5,8,10H,6-7,9H2,1-3H3,(H,22,25,26)/t10-/m1/s1. The molecule has 1 aliphatic rings. The van der Waals surface area contributed by atoms with E-state index in [1.165, 1.54) is 24.8 Å². The van der Waals surface area contributed by atoms with Crippen molar-refractivity contribution in [2.75, 3.05) is 37.2 Å². The lowest BCUT2D eigenvalue weighted by atomic mass is 10.2. The first kappa shape index (κ1) is 21.4. The SMILES string of the molecule is C[C@@H]1COCCN1c1cc(N=S(C)(C)=O)nc(-c2ccnc3nc(C(F)(F)F)[nH]c23)n1. The Labute approximate surface area is 176 Å². The maximum Gasteiger partial charge on any atom is 0.449 e. The number of imidazole rings is 1. The quantitative estimate of drug-likeness (QED) is 0.647. The number of nitrogens with zero attached hydrogens (tertiary/aromatic N) is 6. The van der Waals surface area contributed by atoms with Gasteiger partial charge in [-0.15, -0.1) is 0 Å². The van der Waals surface area contributed by atoms with Crippen LogP contribution in [0.2, 0.25) is 0 Å². The second kappa shape index (κ2) is 7.71. The number of pyridine rings is 1. The fourth-order valence-corrected chi connectivity index (χ4v) is 3.80. The number of anilines is 1. The molecule has 0 aromatic carbocycles. The molecular weight excluding hydrogens is 435 g/mol. The van der Waals surface area contributed by atoms with Gasteiger partial charge in [-0.05, 0) is 13.0 Å². The molecule has 4 heterocycles. The molecule has 4 rings (SSSR count). The van der Waals surface area contributed by atoms with Crippen LogP contribution in [0.1, 0.15) is 12.7 Å². The predicted octanol–water partition coefficient (Wildman–Crippen LogP) is 3.02. The molecule has 0 spiro atoms. The number of aromatic nitrogens is 5. The zero-order valence-corrected chi connectivity index (χ0v) is 17.8. The highest BCUT2D eigenvalue weighted by atomic mass is 32.2. The van der Waals surface area contributed by atoms with Crippen LogP contribution in [0.5, 0.6) is 0 Å². The number of alkyl halides is 3. The van der Waals surface area contributed by atoms with Gasteiger partial charge in [-0.3, -0.25) is 0 Å². The summed E-state index contributed by atoms with van der Waals surface area (Å²) in [6, 6.07) is 3.13. The molecule has 0 unspecified atom stereocenters. The molecule has 31 heavy (non-hydrogen) atoms. The van der Waals surface area contributed by atoms with Crippen LogP contribution in [0.15, 0.2) is 22.7 Å². The number of H-pyrrole nitrogens is 1. The van der Waals surface area contributed by atoms with Crippen LogP contribution in [0.3, 0.4) is 0 Å². The molecule has 1 saturated heterocycles. The Morgan fingerprint density at radius 2 is 2.06 bits per heavy atom. The van der Waals surface area contributed by atoms with Crippen LogP contribution in [0, 0.1) is 0 Å². The van der Waals surface area contributed by atoms with E-state index in [2.05, 4.69) is 29.3 Å². The topological polar surface area (TPSA) is 109 Å². The smallest absolute Gasteiger partial charge is 0.377 e. The number of hydrogen-bond donors (Lipinski definition) is 1. The van der Waals surface area contributed by atoms with Crippen LogP contribution in [-0.2, 0) is 20.6 Å². The summed E-state index contributed by atoms with van der Waals surface area (Å²) in [5.74, 6) is -0.336. The zero-order chi connectivity index (χ0) is 22.4. The van der Waals surface area contributed by atoms with E-state index in [4.69, 9.17) is 4.74 Å². The van der Waals surface area contributed by atoms with Crippen LogP contribution >= 0.6 is 0 Å². The molecule has 166 valence electrons. The Kier molecular flexibility index (Phi) is 5.33. The third-order valence-electron chi connectivity index (χ3n) is 4.58. The lowest BCUT2D eigenvalue weighted by Crippen LogP contribution is -2.44. The van der Waals surface area contributed by atoms with Gasteiger partial charge in [0.05, 0.1) is 24.8 Å². The number of halogens is 3. The maximum atomic E-state index is 13.1. The molecule has 0 aliphatic carbocycles. The van der Waals surface area contributed by atoms with Gasteiger partial charge in [0.1, 0.15) is 5.82 Å². The first-order valence-electron chi connectivity index (χ1n) is 9.34. The average Bonchev–Trinajstić information content (AvgIpc) is 3.11. The summed E-state index contributed by atoms with van der Waals surface area (Å²) in [6.45, 7) is 3.54. The molecule has 0 amide bonds. The normalized spacial score (nSPS) is 17.9. The molecule has 0 radical (unpaired) electrons. The third-order valence-corrected chi connectivity index (χ3v) is 5.20. The summed E-state index contributed by atoms with van der Waals surface area (Å²) in [4.78, 5) is 20.7. The summed E-state index contributed by atoms with van der Waals surface area (Å²) in [7, 11) is -2.53. The van der Waals surface area contributed by atoms with Gasteiger partial charge >= 0.3 is 6.18 Å². The highest BCUT2D eigenvalue weighted by Crippen LogP contribution is 2.33. The monoisotopic (exact) mass is 455 g/mol. The van der Waals surface area contributed by atoms with Crippen LogP contribution in [0.25, 0.3) is 22.6 Å². The Morgan fingerprint density at radius 3 is 2.74 bits per heavy atom. The van der Waals surface area contributed by atoms with E-state index in [1.54, 1.807) is 6.07 Å². The minimum Gasteiger partial charge on any atom is -0.377 e. The molecule has 1 fully saturated rings. The lowest BCUT2D eigenvalue weighted by Gasteiger charge is -2.34. The van der Waals surface area contributed by atoms with Gasteiger partial charge in [-0.2, -0.15) is 17.5 Å². The van der Waals surface area contributed by atoms with Crippen LogP contribution in [-0.4, -0.2) is 67.4 Å². The molecular formula is C18H20F3N7O2S. The van der Waals surface area contributed by atoms with Crippen LogP contribution in [0.4, 0.5) is 24.8 Å². The van der Waals surface area contributed by atoms with E-state index in [-0.39, 0.29) is 34.4 Å². The summed E-state index contributed by atoms with van der Waals surface area (Å²) in [6.07, 6.45) is -0.367. The number of ether oxygens (including phenoxy) is 1. The number of fused-ring (bicyclic) bond motifs is 1. The average molecular weight is 455 g/mol. The van der Waals surface area contributed by atoms with Crippen molar-refractivity contribution in [2.24, 2.45) is 4.36 Å². The number of nitrogens with one attached hydrogen (secondary N) is 1. The van der Waals surface area contributed by atoms with E-state index in [0.29, 0.717) is 25.6 Å². The van der Waals surface area contributed by atoms with Gasteiger partial charge < -0.3 is 14.6 Å². The Morgan fingerprint density at radius 1 is 1.29 bits per heavy atom. The lowest BCUT2D eigenvalue weighted by molar-refractivity contribution is -0.144. The summed E-state index contributed by atoms with van der Waals surface area (Å²) < 4.78 is 61.3. The number of aromatic amines is 1. The van der Waals surface area contributed by atoms with Crippen molar-refractivity contribution in [2.45, 2.75) is 19.1 Å². The van der Waals surface area contributed by atoms with Gasteiger partial charge in [0.25, 0.3) is 0 Å². The van der Waals surface area contributed by atoms with Crippen molar-refractivity contribution in [3.63, 3.8) is 0 Å². The highest BCUT2D eigenvalue weighted by molar-refractivity contribution is 7.92. The second-order valence-electron chi connectivity index (χ2n) is 7.44. The fourth-order valence-electron chi connectivity index (χ4n) is 3.26. The first-order chi connectivity index (χ1) is 14.5. The molecule has 0 bridgehead atoms. The van der Waals surface area contributed by atoms with E-state index in [9.17, 15) is 17.4 Å². The van der Waals surface area contributed by atoms with Gasteiger partial charge in [0, 0.05) is 46.6 Å². The second-order valence-corrected chi connectivity index (χ2v) is 9.98. The van der Waals surface area contributed by atoms with Gasteiger partial charge in [-0.1, -0.05) is 0 Å². The van der Waals surface area contributed by atoms with Crippen molar-refractivity contribution in [1.29, 1.82) is 0 Å². The largest absolute Gasteiger partial charge is 0.449 e. The molecule has 1 N–H and O–H groups in total. The van der Waals surface area contributed by atoms with Gasteiger partial charge in [0.2, 0.25) is 5.82 Å². The summed E-state index contributed by atoms with van der Waals surface area (Å²) in [5.41, 5.74) is 0.236. The molecule has 0 saturated carbocycles. The first-order valence-corrected chi connectivity index (χ1v) is 11.7. The predicted molar refractivity (Wildman–Crippen MR) is 110 cm³/mol.